The highest BCUT2D eigenvalue weighted by atomic mass is 35.5. The number of nitrogens with one attached hydrogen (secondary N) is 1. The first kappa shape index (κ1) is 15.1. The van der Waals surface area contributed by atoms with Gasteiger partial charge in [0.15, 0.2) is 0 Å². The normalized spacial score (nSPS) is 19.2. The second kappa shape index (κ2) is 7.46. The fourth-order valence-corrected chi connectivity index (χ4v) is 2.55. The monoisotopic (exact) mass is 292 g/mol. The number of rotatable bonds is 4. The number of carbonyl (C=O) groups is 1. The quantitative estimate of drug-likeness (QED) is 0.866. The van der Waals surface area contributed by atoms with E-state index in [0.29, 0.717) is 10.9 Å². The van der Waals surface area contributed by atoms with Gasteiger partial charge in [0.25, 0.3) is 0 Å². The molecule has 1 saturated heterocycles. The fraction of sp³-hybridized carbons (Fsp3) is 0.438. The third-order valence-corrected chi connectivity index (χ3v) is 3.85. The van der Waals surface area contributed by atoms with Crippen LogP contribution in [-0.2, 0) is 4.79 Å². The highest BCUT2D eigenvalue weighted by Crippen LogP contribution is 2.12. The average Bonchev–Trinajstić information content (AvgIpc) is 2.47. The van der Waals surface area contributed by atoms with E-state index in [1.54, 1.807) is 11.0 Å². The van der Waals surface area contributed by atoms with E-state index in [-0.39, 0.29) is 5.91 Å². The van der Waals surface area contributed by atoms with E-state index < -0.39 is 0 Å². The Morgan fingerprint density at radius 3 is 2.85 bits per heavy atom. The SMILES string of the molecule is CN(CC1CCCNC1)C(=O)/C=C/c1ccc(Cl)cc1. The second-order valence-corrected chi connectivity index (χ2v) is 5.75. The molecule has 1 amide bonds. The predicted octanol–water partition coefficient (Wildman–Crippen LogP) is 2.81. The first-order chi connectivity index (χ1) is 9.65. The number of nitrogens with zero attached hydrogens (tertiary/aromatic N) is 1. The molecule has 0 aromatic heterocycles. The molecular weight excluding hydrogens is 272 g/mol. The molecule has 1 aliphatic rings. The lowest BCUT2D eigenvalue weighted by molar-refractivity contribution is -0.125. The van der Waals surface area contributed by atoms with Crippen molar-refractivity contribution in [1.82, 2.24) is 10.2 Å². The molecule has 1 fully saturated rings. The summed E-state index contributed by atoms with van der Waals surface area (Å²) in [5.41, 5.74) is 0.982. The van der Waals surface area contributed by atoms with Gasteiger partial charge in [-0.1, -0.05) is 23.7 Å². The first-order valence-corrected chi connectivity index (χ1v) is 7.42. The Labute approximate surface area is 125 Å². The molecule has 0 saturated carbocycles. The molecule has 0 aliphatic carbocycles. The number of carbonyl (C=O) groups excluding carboxylic acids is 1. The van der Waals surface area contributed by atoms with Crippen molar-refractivity contribution in [3.63, 3.8) is 0 Å². The standard InChI is InChI=1S/C16H21ClN2O/c1-19(12-14-3-2-10-18-11-14)16(20)9-6-13-4-7-15(17)8-5-13/h4-9,14,18H,2-3,10-12H2,1H3/b9-6+. The molecular formula is C16H21ClN2O. The number of halogens is 1. The molecule has 1 aromatic rings. The van der Waals surface area contributed by atoms with Crippen LogP contribution in [0, 0.1) is 5.92 Å². The van der Waals surface area contributed by atoms with Crippen LogP contribution in [0.4, 0.5) is 0 Å². The zero-order chi connectivity index (χ0) is 14.4. The summed E-state index contributed by atoms with van der Waals surface area (Å²) in [6.45, 7) is 2.93. The van der Waals surface area contributed by atoms with Crippen molar-refractivity contribution in [2.75, 3.05) is 26.7 Å². The lowest BCUT2D eigenvalue weighted by Crippen LogP contribution is -2.38. The Morgan fingerprint density at radius 2 is 2.20 bits per heavy atom. The van der Waals surface area contributed by atoms with E-state index in [2.05, 4.69) is 5.32 Å². The van der Waals surface area contributed by atoms with Gasteiger partial charge >= 0.3 is 0 Å². The van der Waals surface area contributed by atoms with Crippen molar-refractivity contribution in [3.05, 3.63) is 40.9 Å². The summed E-state index contributed by atoms with van der Waals surface area (Å²) in [6, 6.07) is 7.45. The predicted molar refractivity (Wildman–Crippen MR) is 83.7 cm³/mol. The summed E-state index contributed by atoms with van der Waals surface area (Å²) in [4.78, 5) is 13.8. The molecule has 1 heterocycles. The molecule has 0 spiro atoms. The minimum absolute atomic E-state index is 0.0468. The van der Waals surface area contributed by atoms with Crippen LogP contribution < -0.4 is 5.32 Å². The zero-order valence-electron chi connectivity index (χ0n) is 11.8. The van der Waals surface area contributed by atoms with Crippen molar-refractivity contribution >= 4 is 23.6 Å². The Kier molecular flexibility index (Phi) is 5.62. The van der Waals surface area contributed by atoms with Crippen LogP contribution in [0.5, 0.6) is 0 Å². The number of likely N-dealkylation sites (N-methyl/N-ethyl adjacent to an activating group) is 1. The number of hydrogen-bond acceptors (Lipinski definition) is 2. The van der Waals surface area contributed by atoms with Gasteiger partial charge in [-0.3, -0.25) is 4.79 Å². The van der Waals surface area contributed by atoms with Gasteiger partial charge in [0.2, 0.25) is 5.91 Å². The van der Waals surface area contributed by atoms with Crippen molar-refractivity contribution in [2.24, 2.45) is 5.92 Å². The third kappa shape index (κ3) is 4.66. The summed E-state index contributed by atoms with van der Waals surface area (Å²) < 4.78 is 0. The maximum absolute atomic E-state index is 12.0. The molecule has 1 aromatic carbocycles. The van der Waals surface area contributed by atoms with Gasteiger partial charge in [-0.25, -0.2) is 0 Å². The number of benzene rings is 1. The number of hydrogen-bond donors (Lipinski definition) is 1. The van der Waals surface area contributed by atoms with Gasteiger partial charge < -0.3 is 10.2 Å². The zero-order valence-corrected chi connectivity index (χ0v) is 12.6. The van der Waals surface area contributed by atoms with Crippen LogP contribution in [0.25, 0.3) is 6.08 Å². The topological polar surface area (TPSA) is 32.3 Å². The smallest absolute Gasteiger partial charge is 0.246 e. The van der Waals surface area contributed by atoms with Crippen LogP contribution in [0.2, 0.25) is 5.02 Å². The van der Waals surface area contributed by atoms with Gasteiger partial charge in [-0.15, -0.1) is 0 Å². The molecule has 1 unspecified atom stereocenters. The van der Waals surface area contributed by atoms with Crippen molar-refractivity contribution in [1.29, 1.82) is 0 Å². The Morgan fingerprint density at radius 1 is 1.45 bits per heavy atom. The lowest BCUT2D eigenvalue weighted by atomic mass is 9.99. The van der Waals surface area contributed by atoms with Crippen LogP contribution in [-0.4, -0.2) is 37.5 Å². The maximum atomic E-state index is 12.0. The van der Waals surface area contributed by atoms with E-state index >= 15 is 0 Å². The van der Waals surface area contributed by atoms with E-state index in [9.17, 15) is 4.79 Å². The van der Waals surface area contributed by atoms with Gasteiger partial charge in [0.05, 0.1) is 0 Å². The summed E-state index contributed by atoms with van der Waals surface area (Å²) in [7, 11) is 1.86. The Balaban J connectivity index is 1.85. The summed E-state index contributed by atoms with van der Waals surface area (Å²) in [6.07, 6.45) is 5.85. The highest BCUT2D eigenvalue weighted by molar-refractivity contribution is 6.30. The molecule has 20 heavy (non-hydrogen) atoms. The largest absolute Gasteiger partial charge is 0.342 e. The molecule has 1 aliphatic heterocycles. The molecule has 0 radical (unpaired) electrons. The number of amides is 1. The van der Waals surface area contributed by atoms with Crippen LogP contribution >= 0.6 is 11.6 Å². The summed E-state index contributed by atoms with van der Waals surface area (Å²) >= 11 is 5.83. The van der Waals surface area contributed by atoms with Crippen molar-refractivity contribution in [3.8, 4) is 0 Å². The van der Waals surface area contributed by atoms with Gasteiger partial charge in [-0.05, 0) is 55.6 Å². The number of piperidine rings is 1. The highest BCUT2D eigenvalue weighted by Gasteiger charge is 2.16. The van der Waals surface area contributed by atoms with E-state index in [1.165, 1.54) is 12.8 Å². The van der Waals surface area contributed by atoms with Crippen LogP contribution in [0.3, 0.4) is 0 Å². The van der Waals surface area contributed by atoms with Crippen LogP contribution in [0.1, 0.15) is 18.4 Å². The maximum Gasteiger partial charge on any atom is 0.246 e. The van der Waals surface area contributed by atoms with Crippen molar-refractivity contribution in [2.45, 2.75) is 12.8 Å². The van der Waals surface area contributed by atoms with E-state index in [4.69, 9.17) is 11.6 Å². The molecule has 108 valence electrons. The first-order valence-electron chi connectivity index (χ1n) is 7.04. The lowest BCUT2D eigenvalue weighted by Gasteiger charge is -2.27. The molecule has 2 rings (SSSR count). The average molecular weight is 293 g/mol. The van der Waals surface area contributed by atoms with Gasteiger partial charge in [0, 0.05) is 24.7 Å². The van der Waals surface area contributed by atoms with Gasteiger partial charge in [0.1, 0.15) is 0 Å². The molecule has 1 atom stereocenters. The summed E-state index contributed by atoms with van der Waals surface area (Å²) in [5.74, 6) is 0.618. The van der Waals surface area contributed by atoms with E-state index in [1.807, 2.05) is 37.4 Å². The molecule has 1 N–H and O–H groups in total. The van der Waals surface area contributed by atoms with E-state index in [0.717, 1.165) is 25.2 Å². The minimum Gasteiger partial charge on any atom is -0.342 e. The van der Waals surface area contributed by atoms with Gasteiger partial charge in [-0.2, -0.15) is 0 Å². The van der Waals surface area contributed by atoms with Crippen LogP contribution in [0.15, 0.2) is 30.3 Å². The Hall–Kier alpha value is -1.32. The molecule has 0 bridgehead atoms. The third-order valence-electron chi connectivity index (χ3n) is 3.60. The fourth-order valence-electron chi connectivity index (χ4n) is 2.43. The Bertz CT molecular complexity index is 464. The second-order valence-electron chi connectivity index (χ2n) is 5.32. The summed E-state index contributed by atoms with van der Waals surface area (Å²) in [5, 5.41) is 4.08. The molecule has 4 heteroatoms. The molecule has 3 nitrogen and oxygen atoms in total. The minimum atomic E-state index is 0.0468. The van der Waals surface area contributed by atoms with Crippen molar-refractivity contribution < 1.29 is 4.79 Å².